The first-order chi connectivity index (χ1) is 9.84. The third kappa shape index (κ3) is 4.62. The van der Waals surface area contributed by atoms with Crippen LogP contribution in [-0.2, 0) is 10.0 Å². The second kappa shape index (κ2) is 8.05. The average Bonchev–Trinajstić information content (AvgIpc) is 2.43. The van der Waals surface area contributed by atoms with Crippen LogP contribution in [0.4, 0.5) is 0 Å². The maximum Gasteiger partial charge on any atom is 0.244 e. The molecular weight excluding hydrogens is 332 g/mol. The van der Waals surface area contributed by atoms with Gasteiger partial charge in [-0.3, -0.25) is 0 Å². The van der Waals surface area contributed by atoms with Gasteiger partial charge in [-0.25, -0.2) is 8.42 Å². The third-order valence-electron chi connectivity index (χ3n) is 2.94. The summed E-state index contributed by atoms with van der Waals surface area (Å²) in [5.74, 6) is 0. The highest BCUT2D eigenvalue weighted by Gasteiger charge is 2.26. The van der Waals surface area contributed by atoms with E-state index in [4.69, 9.17) is 34.7 Å². The molecule has 5 nitrogen and oxygen atoms in total. The van der Waals surface area contributed by atoms with Gasteiger partial charge in [-0.2, -0.15) is 4.31 Å². The van der Waals surface area contributed by atoms with E-state index >= 15 is 0 Å². The molecule has 0 saturated carbocycles. The summed E-state index contributed by atoms with van der Waals surface area (Å²) in [6.45, 7) is 2.06. The van der Waals surface area contributed by atoms with E-state index in [0.29, 0.717) is 18.5 Å². The quantitative estimate of drug-likeness (QED) is 0.698. The summed E-state index contributed by atoms with van der Waals surface area (Å²) in [6, 6.07) is 4.41. The molecule has 0 unspecified atom stereocenters. The minimum atomic E-state index is -3.80. The van der Waals surface area contributed by atoms with Gasteiger partial charge < -0.3 is 10.8 Å². The molecule has 3 N–H and O–H groups in total. The summed E-state index contributed by atoms with van der Waals surface area (Å²) in [5, 5.41) is 9.18. The predicted molar refractivity (Wildman–Crippen MR) is 88.1 cm³/mol. The van der Waals surface area contributed by atoms with Crippen molar-refractivity contribution in [1.29, 1.82) is 0 Å². The number of nitrogens with zero attached hydrogens (tertiary/aromatic N) is 1. The molecule has 0 aliphatic carbocycles. The average molecular weight is 351 g/mol. The van der Waals surface area contributed by atoms with E-state index < -0.39 is 10.0 Å². The van der Waals surface area contributed by atoms with Crippen LogP contribution in [0.2, 0.25) is 5.02 Å². The Morgan fingerprint density at radius 1 is 1.43 bits per heavy atom. The van der Waals surface area contributed by atoms with Crippen molar-refractivity contribution in [2.24, 2.45) is 5.73 Å². The van der Waals surface area contributed by atoms with Gasteiger partial charge in [0.25, 0.3) is 0 Å². The van der Waals surface area contributed by atoms with Crippen molar-refractivity contribution < 1.29 is 13.5 Å². The molecule has 0 aromatic heterocycles. The molecule has 118 valence electrons. The van der Waals surface area contributed by atoms with Crippen LogP contribution in [0.1, 0.15) is 25.3 Å². The van der Waals surface area contributed by atoms with E-state index in [9.17, 15) is 8.42 Å². The minimum absolute atomic E-state index is 0.0238. The molecule has 0 aliphatic rings. The van der Waals surface area contributed by atoms with Crippen molar-refractivity contribution in [1.82, 2.24) is 4.31 Å². The highest BCUT2D eigenvalue weighted by Crippen LogP contribution is 2.26. The molecule has 0 amide bonds. The molecule has 8 heteroatoms. The number of rotatable bonds is 8. The first kappa shape index (κ1) is 18.3. The van der Waals surface area contributed by atoms with Gasteiger partial charge in [0.1, 0.15) is 9.88 Å². The summed E-state index contributed by atoms with van der Waals surface area (Å²) >= 11 is 10.9. The van der Waals surface area contributed by atoms with Crippen LogP contribution in [-0.4, -0.2) is 42.5 Å². The third-order valence-corrected chi connectivity index (χ3v) is 5.56. The van der Waals surface area contributed by atoms with Gasteiger partial charge >= 0.3 is 0 Å². The number of hydrogen-bond acceptors (Lipinski definition) is 4. The summed E-state index contributed by atoms with van der Waals surface area (Å²) in [7, 11) is -3.80. The largest absolute Gasteiger partial charge is 0.395 e. The van der Waals surface area contributed by atoms with Crippen molar-refractivity contribution in [2.75, 3.05) is 19.7 Å². The molecule has 0 heterocycles. The van der Waals surface area contributed by atoms with Crippen molar-refractivity contribution in [3.8, 4) is 0 Å². The van der Waals surface area contributed by atoms with Crippen molar-refractivity contribution in [3.63, 3.8) is 0 Å². The number of benzene rings is 1. The highest BCUT2D eigenvalue weighted by atomic mass is 35.5. The molecular formula is C13H19ClN2O3S2. The fraction of sp³-hybridized carbons (Fsp3) is 0.462. The molecule has 21 heavy (non-hydrogen) atoms. The van der Waals surface area contributed by atoms with Crippen LogP contribution in [0.5, 0.6) is 0 Å². The van der Waals surface area contributed by atoms with Crippen LogP contribution in [0, 0.1) is 0 Å². The summed E-state index contributed by atoms with van der Waals surface area (Å²) in [4.78, 5) is 0.0596. The molecule has 1 rings (SSSR count). The first-order valence-electron chi connectivity index (χ1n) is 6.55. The molecule has 0 fully saturated rings. The second-order valence-electron chi connectivity index (χ2n) is 4.49. The molecule has 0 spiro atoms. The highest BCUT2D eigenvalue weighted by molar-refractivity contribution is 7.89. The van der Waals surface area contributed by atoms with Gasteiger partial charge in [-0.1, -0.05) is 43.2 Å². The molecule has 0 bridgehead atoms. The van der Waals surface area contributed by atoms with E-state index in [0.717, 1.165) is 6.42 Å². The fourth-order valence-corrected chi connectivity index (χ4v) is 3.89. The zero-order valence-corrected chi connectivity index (χ0v) is 14.1. The van der Waals surface area contributed by atoms with Crippen molar-refractivity contribution in [2.45, 2.75) is 24.7 Å². The van der Waals surface area contributed by atoms with E-state index in [1.807, 2.05) is 6.92 Å². The normalized spacial score (nSPS) is 11.8. The number of aliphatic hydroxyl groups excluding tert-OH is 1. The van der Waals surface area contributed by atoms with E-state index in [-0.39, 0.29) is 28.1 Å². The van der Waals surface area contributed by atoms with Crippen LogP contribution < -0.4 is 5.73 Å². The number of unbranched alkanes of at least 4 members (excludes halogenated alkanes) is 1. The Morgan fingerprint density at radius 3 is 2.62 bits per heavy atom. The standard InChI is InChI=1S/C13H19ClN2O3S2/c1-2-3-6-16(7-8-17)21(18,19)12-9-10(13(15)20)4-5-11(12)14/h4-5,9,17H,2-3,6-8H2,1H3,(H2,15,20). The zero-order valence-electron chi connectivity index (χ0n) is 11.8. The number of sulfonamides is 1. The summed E-state index contributed by atoms with van der Waals surface area (Å²) in [6.07, 6.45) is 1.55. The maximum absolute atomic E-state index is 12.7. The number of thiocarbonyl (C=S) groups is 1. The summed E-state index contributed by atoms with van der Waals surface area (Å²) in [5.41, 5.74) is 5.97. The first-order valence-corrected chi connectivity index (χ1v) is 8.77. The lowest BCUT2D eigenvalue weighted by Crippen LogP contribution is -2.34. The van der Waals surface area contributed by atoms with Gasteiger partial charge in [-0.15, -0.1) is 0 Å². The second-order valence-corrected chi connectivity index (χ2v) is 7.24. The molecule has 0 saturated heterocycles. The van der Waals surface area contributed by atoms with Crippen LogP contribution in [0.15, 0.2) is 23.1 Å². The number of aliphatic hydroxyl groups is 1. The Labute approximate surface area is 135 Å². The van der Waals surface area contributed by atoms with Gasteiger partial charge in [-0.05, 0) is 18.6 Å². The smallest absolute Gasteiger partial charge is 0.244 e. The van der Waals surface area contributed by atoms with E-state index in [2.05, 4.69) is 0 Å². The molecule has 1 aromatic rings. The van der Waals surface area contributed by atoms with Crippen LogP contribution in [0.25, 0.3) is 0 Å². The van der Waals surface area contributed by atoms with Crippen LogP contribution >= 0.6 is 23.8 Å². The van der Waals surface area contributed by atoms with E-state index in [1.165, 1.54) is 16.4 Å². The lowest BCUT2D eigenvalue weighted by Gasteiger charge is -2.22. The van der Waals surface area contributed by atoms with Crippen molar-refractivity contribution >= 4 is 38.8 Å². The maximum atomic E-state index is 12.7. The Bertz CT molecular complexity index is 605. The molecule has 0 atom stereocenters. The Balaban J connectivity index is 3.26. The lowest BCUT2D eigenvalue weighted by atomic mass is 10.2. The predicted octanol–water partition coefficient (Wildman–Crippen LogP) is 1.76. The van der Waals surface area contributed by atoms with Gasteiger partial charge in [0.2, 0.25) is 10.0 Å². The Hall–Kier alpha value is -0.730. The fourth-order valence-electron chi connectivity index (χ4n) is 1.79. The molecule has 1 aromatic carbocycles. The SMILES string of the molecule is CCCCN(CCO)S(=O)(=O)c1cc(C(N)=S)ccc1Cl. The Kier molecular flexibility index (Phi) is 7.02. The monoisotopic (exact) mass is 350 g/mol. The number of halogens is 1. The number of hydrogen-bond donors (Lipinski definition) is 2. The lowest BCUT2D eigenvalue weighted by molar-refractivity contribution is 0.252. The van der Waals surface area contributed by atoms with Crippen molar-refractivity contribution in [3.05, 3.63) is 28.8 Å². The van der Waals surface area contributed by atoms with Gasteiger partial charge in [0.15, 0.2) is 0 Å². The topological polar surface area (TPSA) is 83.6 Å². The molecule has 0 aliphatic heterocycles. The van der Waals surface area contributed by atoms with Gasteiger partial charge in [0.05, 0.1) is 11.6 Å². The molecule has 0 radical (unpaired) electrons. The van der Waals surface area contributed by atoms with E-state index in [1.54, 1.807) is 6.07 Å². The number of nitrogens with two attached hydrogens (primary N) is 1. The Morgan fingerprint density at radius 2 is 2.10 bits per heavy atom. The van der Waals surface area contributed by atoms with Gasteiger partial charge in [0, 0.05) is 18.7 Å². The van der Waals surface area contributed by atoms with Crippen LogP contribution in [0.3, 0.4) is 0 Å². The zero-order chi connectivity index (χ0) is 16.0. The summed E-state index contributed by atoms with van der Waals surface area (Å²) < 4.78 is 26.6. The minimum Gasteiger partial charge on any atom is -0.395 e.